The third-order valence-corrected chi connectivity index (χ3v) is 2.42. The van der Waals surface area contributed by atoms with Crippen LogP contribution in [0.3, 0.4) is 0 Å². The fraction of sp³-hybridized carbons (Fsp3) is 0.182. The fourth-order valence-corrected chi connectivity index (χ4v) is 1.52. The SMILES string of the molecule is NCCc1cncn1N=Nc1ccccc1[N+](=O)[O-]. The number of para-hydroxylation sites is 1. The van der Waals surface area contributed by atoms with E-state index in [0.717, 1.165) is 5.69 Å². The molecule has 0 spiro atoms. The molecule has 19 heavy (non-hydrogen) atoms. The lowest BCUT2D eigenvalue weighted by atomic mass is 10.3. The van der Waals surface area contributed by atoms with Crippen molar-refractivity contribution in [2.24, 2.45) is 16.1 Å². The molecule has 0 saturated heterocycles. The number of benzene rings is 1. The van der Waals surface area contributed by atoms with Gasteiger partial charge in [0.2, 0.25) is 0 Å². The third kappa shape index (κ3) is 2.99. The van der Waals surface area contributed by atoms with E-state index in [1.165, 1.54) is 23.1 Å². The smallest absolute Gasteiger partial charge is 0.296 e. The largest absolute Gasteiger partial charge is 0.330 e. The molecule has 8 heteroatoms. The standard InChI is InChI=1S/C11H12N6O2/c12-6-5-9-7-13-8-16(9)15-14-10-3-1-2-4-11(10)17(18)19/h1-4,7-8H,5-6,12H2. The maximum absolute atomic E-state index is 10.8. The van der Waals surface area contributed by atoms with Crippen molar-refractivity contribution >= 4 is 11.4 Å². The Morgan fingerprint density at radius 3 is 2.95 bits per heavy atom. The van der Waals surface area contributed by atoms with Crippen LogP contribution in [-0.4, -0.2) is 21.1 Å². The van der Waals surface area contributed by atoms with Gasteiger partial charge >= 0.3 is 0 Å². The molecule has 8 nitrogen and oxygen atoms in total. The van der Waals surface area contributed by atoms with E-state index in [2.05, 4.69) is 15.3 Å². The number of nitrogens with two attached hydrogens (primary N) is 1. The topological polar surface area (TPSA) is 112 Å². The first-order chi connectivity index (χ1) is 9.22. The first-order valence-electron chi connectivity index (χ1n) is 5.59. The predicted molar refractivity (Wildman–Crippen MR) is 68.0 cm³/mol. The van der Waals surface area contributed by atoms with E-state index in [4.69, 9.17) is 5.73 Å². The van der Waals surface area contributed by atoms with Gasteiger partial charge in [-0.05, 0) is 12.6 Å². The molecule has 0 bridgehead atoms. The Labute approximate surface area is 108 Å². The van der Waals surface area contributed by atoms with Gasteiger partial charge in [0.05, 0.1) is 16.8 Å². The quantitative estimate of drug-likeness (QED) is 0.502. The van der Waals surface area contributed by atoms with Gasteiger partial charge in [-0.1, -0.05) is 17.4 Å². The molecule has 0 unspecified atom stereocenters. The number of hydrogen-bond acceptors (Lipinski definition) is 6. The molecule has 2 rings (SSSR count). The highest BCUT2D eigenvalue weighted by Crippen LogP contribution is 2.26. The van der Waals surface area contributed by atoms with Crippen LogP contribution in [0, 0.1) is 10.1 Å². The maximum atomic E-state index is 10.8. The highest BCUT2D eigenvalue weighted by molar-refractivity contribution is 5.56. The van der Waals surface area contributed by atoms with Gasteiger partial charge in [0, 0.05) is 12.5 Å². The summed E-state index contributed by atoms with van der Waals surface area (Å²) in [5, 5.41) is 18.6. The van der Waals surface area contributed by atoms with Gasteiger partial charge in [0.15, 0.2) is 5.69 Å². The first-order valence-corrected chi connectivity index (χ1v) is 5.59. The molecule has 2 N–H and O–H groups in total. The van der Waals surface area contributed by atoms with E-state index in [9.17, 15) is 10.1 Å². The fourth-order valence-electron chi connectivity index (χ4n) is 1.52. The van der Waals surface area contributed by atoms with Crippen molar-refractivity contribution in [1.82, 2.24) is 9.66 Å². The molecule has 0 fully saturated rings. The molecule has 98 valence electrons. The van der Waals surface area contributed by atoms with Crippen LogP contribution in [-0.2, 0) is 6.42 Å². The number of nitro benzene ring substituents is 1. The molecule has 0 atom stereocenters. The maximum Gasteiger partial charge on any atom is 0.296 e. The van der Waals surface area contributed by atoms with Crippen molar-refractivity contribution in [1.29, 1.82) is 0 Å². The van der Waals surface area contributed by atoms with Crippen LogP contribution >= 0.6 is 0 Å². The normalized spacial score (nSPS) is 11.0. The zero-order chi connectivity index (χ0) is 13.7. The zero-order valence-electron chi connectivity index (χ0n) is 10.0. The molecule has 0 saturated carbocycles. The van der Waals surface area contributed by atoms with Crippen molar-refractivity contribution in [3.63, 3.8) is 0 Å². The van der Waals surface area contributed by atoms with E-state index in [-0.39, 0.29) is 11.4 Å². The number of nitro groups is 1. The molecule has 1 aromatic carbocycles. The summed E-state index contributed by atoms with van der Waals surface area (Å²) in [5.74, 6) is 0. The van der Waals surface area contributed by atoms with Crippen LogP contribution in [0.5, 0.6) is 0 Å². The van der Waals surface area contributed by atoms with E-state index in [0.29, 0.717) is 13.0 Å². The van der Waals surface area contributed by atoms with Crippen LogP contribution in [0.1, 0.15) is 5.69 Å². The third-order valence-electron chi connectivity index (χ3n) is 2.42. The van der Waals surface area contributed by atoms with Gasteiger partial charge in [-0.3, -0.25) is 10.1 Å². The Morgan fingerprint density at radius 2 is 2.21 bits per heavy atom. The van der Waals surface area contributed by atoms with Crippen molar-refractivity contribution in [2.45, 2.75) is 6.42 Å². The minimum atomic E-state index is -0.497. The van der Waals surface area contributed by atoms with Gasteiger partial charge in [0.1, 0.15) is 6.33 Å². The second kappa shape index (κ2) is 5.83. The van der Waals surface area contributed by atoms with E-state index in [1.807, 2.05) is 0 Å². The second-order valence-electron chi connectivity index (χ2n) is 3.70. The van der Waals surface area contributed by atoms with Crippen molar-refractivity contribution in [3.8, 4) is 0 Å². The molecule has 1 aromatic heterocycles. The lowest BCUT2D eigenvalue weighted by Crippen LogP contribution is -2.05. The predicted octanol–water partition coefficient (Wildman–Crippen LogP) is 1.84. The molecule has 0 aliphatic carbocycles. The van der Waals surface area contributed by atoms with Crippen LogP contribution in [0.4, 0.5) is 11.4 Å². The lowest BCUT2D eigenvalue weighted by Gasteiger charge is -1.99. The summed E-state index contributed by atoms with van der Waals surface area (Å²) in [7, 11) is 0. The first kappa shape index (κ1) is 12.8. The second-order valence-corrected chi connectivity index (χ2v) is 3.70. The van der Waals surface area contributed by atoms with Crippen LogP contribution in [0.25, 0.3) is 0 Å². The van der Waals surface area contributed by atoms with Gasteiger partial charge in [-0.25, -0.2) is 9.66 Å². The van der Waals surface area contributed by atoms with E-state index in [1.54, 1.807) is 18.3 Å². The van der Waals surface area contributed by atoms with Crippen LogP contribution < -0.4 is 5.73 Å². The lowest BCUT2D eigenvalue weighted by molar-refractivity contribution is -0.384. The summed E-state index contributed by atoms with van der Waals surface area (Å²) in [6.45, 7) is 0.465. The monoisotopic (exact) mass is 260 g/mol. The molecule has 1 heterocycles. The van der Waals surface area contributed by atoms with E-state index >= 15 is 0 Å². The van der Waals surface area contributed by atoms with Crippen molar-refractivity contribution < 1.29 is 4.92 Å². The van der Waals surface area contributed by atoms with E-state index < -0.39 is 4.92 Å². The molecule has 0 aliphatic heterocycles. The Bertz CT molecular complexity index is 607. The van der Waals surface area contributed by atoms with Crippen molar-refractivity contribution in [2.75, 3.05) is 6.54 Å². The average Bonchev–Trinajstić information content (AvgIpc) is 2.84. The summed E-state index contributed by atoms with van der Waals surface area (Å²) in [6.07, 6.45) is 3.71. The highest BCUT2D eigenvalue weighted by atomic mass is 16.6. The molecule has 0 aliphatic rings. The molecular weight excluding hydrogens is 248 g/mol. The summed E-state index contributed by atoms with van der Waals surface area (Å²) in [4.78, 5) is 14.3. The number of hydrogen-bond donors (Lipinski definition) is 1. The summed E-state index contributed by atoms with van der Waals surface area (Å²) in [5.41, 5.74) is 6.36. The minimum Gasteiger partial charge on any atom is -0.330 e. The van der Waals surface area contributed by atoms with Crippen LogP contribution in [0.2, 0.25) is 0 Å². The number of nitrogens with zero attached hydrogens (tertiary/aromatic N) is 5. The molecular formula is C11H12N6O2. The summed E-state index contributed by atoms with van der Waals surface area (Å²) < 4.78 is 1.45. The summed E-state index contributed by atoms with van der Waals surface area (Å²) >= 11 is 0. The Hall–Kier alpha value is -2.61. The number of rotatable bonds is 5. The Morgan fingerprint density at radius 1 is 1.42 bits per heavy atom. The van der Waals surface area contributed by atoms with Gasteiger partial charge in [-0.2, -0.15) is 0 Å². The Kier molecular flexibility index (Phi) is 3.94. The molecule has 0 amide bonds. The van der Waals surface area contributed by atoms with Crippen molar-refractivity contribution in [3.05, 3.63) is 52.6 Å². The van der Waals surface area contributed by atoms with Gasteiger partial charge < -0.3 is 5.73 Å². The summed E-state index contributed by atoms with van der Waals surface area (Å²) in [6, 6.07) is 6.15. The van der Waals surface area contributed by atoms with Crippen LogP contribution in [0.15, 0.2) is 47.1 Å². The highest BCUT2D eigenvalue weighted by Gasteiger charge is 2.11. The zero-order valence-corrected chi connectivity index (χ0v) is 10.0. The van der Waals surface area contributed by atoms with Gasteiger partial charge in [-0.15, -0.1) is 5.11 Å². The minimum absolute atomic E-state index is 0.0910. The number of imidazole rings is 1. The van der Waals surface area contributed by atoms with Gasteiger partial charge in [0.25, 0.3) is 5.69 Å². The average molecular weight is 260 g/mol. The molecule has 0 radical (unpaired) electrons. The Balaban J connectivity index is 2.27. The molecule has 2 aromatic rings. The number of aromatic nitrogens is 2.